The summed E-state index contributed by atoms with van der Waals surface area (Å²) < 4.78 is 33.7. The SMILES string of the molecule is Cl.FC(F)(F)NC1CC1. The maximum atomic E-state index is 11.2. The monoisotopic (exact) mass is 161 g/mol. The average Bonchev–Trinajstić information content (AvgIpc) is 2.12. The first-order valence-electron chi connectivity index (χ1n) is 2.42. The molecule has 0 saturated heterocycles. The van der Waals surface area contributed by atoms with Gasteiger partial charge in [0.15, 0.2) is 0 Å². The molecule has 0 amide bonds. The van der Waals surface area contributed by atoms with Gasteiger partial charge in [-0.1, -0.05) is 0 Å². The molecule has 1 aliphatic carbocycles. The first-order chi connectivity index (χ1) is 3.58. The molecule has 0 unspecified atom stereocenters. The third kappa shape index (κ3) is 4.54. The van der Waals surface area contributed by atoms with E-state index in [9.17, 15) is 13.2 Å². The predicted octanol–water partition coefficient (Wildman–Crippen LogP) is 1.68. The summed E-state index contributed by atoms with van der Waals surface area (Å²) >= 11 is 0. The zero-order valence-corrected chi connectivity index (χ0v) is 5.35. The van der Waals surface area contributed by atoms with E-state index in [-0.39, 0.29) is 18.4 Å². The molecule has 0 spiro atoms. The number of rotatable bonds is 1. The van der Waals surface area contributed by atoms with Gasteiger partial charge in [0.05, 0.1) is 0 Å². The Hall–Kier alpha value is 0.0400. The van der Waals surface area contributed by atoms with Crippen molar-refractivity contribution in [2.75, 3.05) is 0 Å². The second-order valence-electron chi connectivity index (χ2n) is 1.92. The summed E-state index contributed by atoms with van der Waals surface area (Å²) in [5.41, 5.74) is 0. The van der Waals surface area contributed by atoms with Crippen LogP contribution in [-0.2, 0) is 0 Å². The molecule has 0 radical (unpaired) electrons. The number of hydrogen-bond donors (Lipinski definition) is 1. The first-order valence-corrected chi connectivity index (χ1v) is 2.42. The lowest BCUT2D eigenvalue weighted by Gasteiger charge is -2.04. The van der Waals surface area contributed by atoms with Gasteiger partial charge in [0.25, 0.3) is 0 Å². The van der Waals surface area contributed by atoms with Crippen molar-refractivity contribution in [3.05, 3.63) is 0 Å². The van der Waals surface area contributed by atoms with Gasteiger partial charge in [-0.3, -0.25) is 0 Å². The molecule has 1 fully saturated rings. The molecular weight excluding hydrogens is 154 g/mol. The summed E-state index contributed by atoms with van der Waals surface area (Å²) in [6.45, 7) is 0. The highest BCUT2D eigenvalue weighted by Crippen LogP contribution is 2.24. The summed E-state index contributed by atoms with van der Waals surface area (Å²) in [5.74, 6) is 0. The number of alkyl halides is 3. The highest BCUT2D eigenvalue weighted by Gasteiger charge is 2.35. The Morgan fingerprint density at radius 1 is 1.22 bits per heavy atom. The van der Waals surface area contributed by atoms with Crippen molar-refractivity contribution in [1.29, 1.82) is 0 Å². The fourth-order valence-corrected chi connectivity index (χ4v) is 0.459. The molecule has 56 valence electrons. The topological polar surface area (TPSA) is 12.0 Å². The van der Waals surface area contributed by atoms with Gasteiger partial charge >= 0.3 is 6.30 Å². The fourth-order valence-electron chi connectivity index (χ4n) is 0.459. The molecule has 1 N–H and O–H groups in total. The molecule has 0 aliphatic heterocycles. The lowest BCUT2D eigenvalue weighted by Crippen LogP contribution is -2.33. The van der Waals surface area contributed by atoms with Gasteiger partial charge in [-0.2, -0.15) is 13.2 Å². The lowest BCUT2D eigenvalue weighted by molar-refractivity contribution is -0.158. The van der Waals surface area contributed by atoms with Crippen molar-refractivity contribution >= 4 is 12.4 Å². The minimum Gasteiger partial charge on any atom is -0.225 e. The Balaban J connectivity index is 0.000000640. The molecule has 0 aromatic rings. The van der Waals surface area contributed by atoms with E-state index in [2.05, 4.69) is 0 Å². The van der Waals surface area contributed by atoms with Crippen molar-refractivity contribution in [3.63, 3.8) is 0 Å². The molecule has 1 nitrogen and oxygen atoms in total. The Morgan fingerprint density at radius 3 is 1.78 bits per heavy atom. The van der Waals surface area contributed by atoms with Crippen LogP contribution in [0.2, 0.25) is 0 Å². The van der Waals surface area contributed by atoms with E-state index in [0.717, 1.165) is 0 Å². The molecule has 1 aliphatic rings. The van der Waals surface area contributed by atoms with Gasteiger partial charge in [-0.25, -0.2) is 5.32 Å². The van der Waals surface area contributed by atoms with Gasteiger partial charge in [0.1, 0.15) is 0 Å². The highest BCUT2D eigenvalue weighted by molar-refractivity contribution is 5.85. The van der Waals surface area contributed by atoms with E-state index in [0.29, 0.717) is 12.8 Å². The van der Waals surface area contributed by atoms with Crippen LogP contribution in [0.15, 0.2) is 0 Å². The molecule has 0 atom stereocenters. The van der Waals surface area contributed by atoms with Crippen LogP contribution >= 0.6 is 12.4 Å². The first kappa shape index (κ1) is 9.04. The van der Waals surface area contributed by atoms with Gasteiger partial charge in [-0.15, -0.1) is 12.4 Å². The van der Waals surface area contributed by atoms with Crippen LogP contribution in [0.3, 0.4) is 0 Å². The van der Waals surface area contributed by atoms with E-state index in [1.54, 1.807) is 0 Å². The molecule has 5 heteroatoms. The van der Waals surface area contributed by atoms with Gasteiger partial charge in [-0.05, 0) is 12.8 Å². The highest BCUT2D eigenvalue weighted by atomic mass is 35.5. The largest absolute Gasteiger partial charge is 0.457 e. The van der Waals surface area contributed by atoms with Crippen LogP contribution in [0, 0.1) is 0 Å². The van der Waals surface area contributed by atoms with E-state index in [4.69, 9.17) is 0 Å². The maximum absolute atomic E-state index is 11.2. The predicted molar refractivity (Wildman–Crippen MR) is 29.5 cm³/mol. The van der Waals surface area contributed by atoms with Gasteiger partial charge in [0, 0.05) is 6.04 Å². The summed E-state index contributed by atoms with van der Waals surface area (Å²) in [4.78, 5) is 0. The van der Waals surface area contributed by atoms with Crippen LogP contribution in [0.4, 0.5) is 13.2 Å². The molecule has 1 saturated carbocycles. The zero-order valence-electron chi connectivity index (χ0n) is 4.53. The number of nitrogens with one attached hydrogen (secondary N) is 1. The summed E-state index contributed by atoms with van der Waals surface area (Å²) in [5, 5.41) is 1.49. The lowest BCUT2D eigenvalue weighted by atomic mass is 10.7. The molecule has 0 aromatic heterocycles. The zero-order chi connectivity index (χ0) is 6.20. The van der Waals surface area contributed by atoms with Crippen LogP contribution in [0.1, 0.15) is 12.8 Å². The van der Waals surface area contributed by atoms with Gasteiger partial charge < -0.3 is 0 Å². The minimum atomic E-state index is -4.17. The van der Waals surface area contributed by atoms with Gasteiger partial charge in [0.2, 0.25) is 0 Å². The van der Waals surface area contributed by atoms with Crippen LogP contribution in [-0.4, -0.2) is 12.3 Å². The summed E-state index contributed by atoms with van der Waals surface area (Å²) in [6, 6.07) is -0.282. The summed E-state index contributed by atoms with van der Waals surface area (Å²) in [6.07, 6.45) is -2.83. The van der Waals surface area contributed by atoms with Crippen molar-refractivity contribution in [2.24, 2.45) is 0 Å². The summed E-state index contributed by atoms with van der Waals surface area (Å²) in [7, 11) is 0. The second kappa shape index (κ2) is 2.75. The van der Waals surface area contributed by atoms with Crippen molar-refractivity contribution in [1.82, 2.24) is 5.32 Å². The van der Waals surface area contributed by atoms with E-state index in [1.807, 2.05) is 0 Å². The van der Waals surface area contributed by atoms with Crippen LogP contribution in [0.25, 0.3) is 0 Å². The minimum absolute atomic E-state index is 0. The standard InChI is InChI=1S/C4H6F3N.ClH/c5-4(6,7)8-3-1-2-3;/h3,8H,1-2H2;1H. The molecule has 0 bridgehead atoms. The number of hydrogen-bond acceptors (Lipinski definition) is 1. The molecule has 0 aromatic carbocycles. The normalized spacial score (nSPS) is 19.0. The smallest absolute Gasteiger partial charge is 0.225 e. The quantitative estimate of drug-likeness (QED) is 0.577. The number of halogens is 4. The Morgan fingerprint density at radius 2 is 1.67 bits per heavy atom. The fraction of sp³-hybridized carbons (Fsp3) is 1.00. The van der Waals surface area contributed by atoms with Crippen LogP contribution in [0.5, 0.6) is 0 Å². The molecular formula is C4H7ClF3N. The van der Waals surface area contributed by atoms with Crippen molar-refractivity contribution in [3.8, 4) is 0 Å². The third-order valence-corrected chi connectivity index (χ3v) is 0.945. The van der Waals surface area contributed by atoms with Crippen molar-refractivity contribution < 1.29 is 13.2 Å². The van der Waals surface area contributed by atoms with E-state index < -0.39 is 6.30 Å². The maximum Gasteiger partial charge on any atom is 0.457 e. The average molecular weight is 162 g/mol. The molecule has 1 rings (SSSR count). The third-order valence-electron chi connectivity index (χ3n) is 0.945. The Kier molecular flexibility index (Phi) is 2.76. The molecule has 9 heavy (non-hydrogen) atoms. The Labute approximate surface area is 57.0 Å². The van der Waals surface area contributed by atoms with Crippen LogP contribution < -0.4 is 5.32 Å². The van der Waals surface area contributed by atoms with E-state index >= 15 is 0 Å². The van der Waals surface area contributed by atoms with Crippen molar-refractivity contribution in [2.45, 2.75) is 25.2 Å². The second-order valence-corrected chi connectivity index (χ2v) is 1.92. The van der Waals surface area contributed by atoms with E-state index in [1.165, 1.54) is 5.32 Å². The molecule has 0 heterocycles. The Bertz CT molecular complexity index is 88.3.